The van der Waals surface area contributed by atoms with Gasteiger partial charge in [-0.15, -0.1) is 11.3 Å². The molecule has 0 unspecified atom stereocenters. The lowest BCUT2D eigenvalue weighted by molar-refractivity contribution is -0.140. The van der Waals surface area contributed by atoms with Crippen LogP contribution in [0.5, 0.6) is 0 Å². The summed E-state index contributed by atoms with van der Waals surface area (Å²) in [5.41, 5.74) is -0.219. The molecule has 22 heavy (non-hydrogen) atoms. The fraction of sp³-hybridized carbons (Fsp3) is 0.462. The highest BCUT2D eigenvalue weighted by Crippen LogP contribution is 2.32. The molecular weight excluding hydrogens is 319 g/mol. The molecule has 0 spiro atoms. The molecule has 9 heteroatoms. The Balaban J connectivity index is 2.19. The number of nitrogens with zero attached hydrogens (tertiary/aromatic N) is 2. The van der Waals surface area contributed by atoms with Gasteiger partial charge in [0.25, 0.3) is 5.91 Å². The van der Waals surface area contributed by atoms with Gasteiger partial charge in [-0.05, 0) is 20.3 Å². The first-order valence-electron chi connectivity index (χ1n) is 6.50. The second-order valence-corrected chi connectivity index (χ2v) is 5.59. The number of nitrogens with one attached hydrogen (secondary N) is 1. The predicted molar refractivity (Wildman–Crippen MR) is 73.6 cm³/mol. The molecule has 0 radical (unpaired) electrons. The van der Waals surface area contributed by atoms with E-state index in [0.717, 1.165) is 16.7 Å². The van der Waals surface area contributed by atoms with Gasteiger partial charge in [0.05, 0.1) is 11.7 Å². The highest BCUT2D eigenvalue weighted by molar-refractivity contribution is 7.09. The molecule has 1 amide bonds. The lowest BCUT2D eigenvalue weighted by atomic mass is 10.1. The minimum atomic E-state index is -4.49. The molecule has 120 valence electrons. The molecule has 1 N–H and O–H groups in total. The van der Waals surface area contributed by atoms with Crippen molar-refractivity contribution < 1.29 is 22.5 Å². The van der Waals surface area contributed by atoms with Gasteiger partial charge in [0, 0.05) is 5.38 Å². The zero-order chi connectivity index (χ0) is 16.5. The van der Waals surface area contributed by atoms with Crippen LogP contribution in [0.25, 0.3) is 0 Å². The second-order valence-electron chi connectivity index (χ2n) is 4.70. The van der Waals surface area contributed by atoms with Crippen LogP contribution in [0, 0.1) is 13.8 Å². The van der Waals surface area contributed by atoms with E-state index in [0.29, 0.717) is 23.4 Å². The van der Waals surface area contributed by atoms with Crippen molar-refractivity contribution in [3.8, 4) is 0 Å². The number of halogens is 3. The van der Waals surface area contributed by atoms with Gasteiger partial charge in [0.15, 0.2) is 5.69 Å². The average Bonchev–Trinajstić information content (AvgIpc) is 3.03. The first kappa shape index (κ1) is 16.5. The van der Waals surface area contributed by atoms with Crippen LogP contribution >= 0.6 is 11.3 Å². The molecule has 2 heterocycles. The summed E-state index contributed by atoms with van der Waals surface area (Å²) < 4.78 is 42.7. The largest absolute Gasteiger partial charge is 0.434 e. The van der Waals surface area contributed by atoms with Crippen molar-refractivity contribution in [3.63, 3.8) is 0 Å². The van der Waals surface area contributed by atoms with E-state index in [-0.39, 0.29) is 5.01 Å². The van der Waals surface area contributed by atoms with Crippen LogP contribution in [0.4, 0.5) is 13.2 Å². The summed E-state index contributed by atoms with van der Waals surface area (Å²) in [5.74, 6) is -0.0770. The molecule has 0 aliphatic rings. The highest BCUT2D eigenvalue weighted by Gasteiger charge is 2.34. The van der Waals surface area contributed by atoms with Crippen molar-refractivity contribution in [1.29, 1.82) is 0 Å². The number of amides is 1. The van der Waals surface area contributed by atoms with Crippen LogP contribution in [0.1, 0.15) is 51.9 Å². The molecule has 5 nitrogen and oxygen atoms in total. The Morgan fingerprint density at radius 2 is 2.14 bits per heavy atom. The number of carbonyl (C=O) groups excluding carboxylic acids is 1. The Labute approximate surface area is 128 Å². The van der Waals surface area contributed by atoms with Crippen LogP contribution < -0.4 is 5.32 Å². The number of alkyl halides is 3. The Bertz CT molecular complexity index is 659. The molecule has 0 aliphatic heterocycles. The molecule has 2 aromatic rings. The summed E-state index contributed by atoms with van der Waals surface area (Å²) in [6.07, 6.45) is -4.07. The van der Waals surface area contributed by atoms with Gasteiger partial charge in [-0.2, -0.15) is 13.2 Å². The van der Waals surface area contributed by atoms with E-state index in [9.17, 15) is 18.0 Å². The van der Waals surface area contributed by atoms with Gasteiger partial charge < -0.3 is 9.84 Å². The SMILES string of the molecule is CC[C@@H](NC(=O)c1c(C)noc1C)c1nc(C(F)(F)F)cs1. The van der Waals surface area contributed by atoms with E-state index in [4.69, 9.17) is 4.52 Å². The summed E-state index contributed by atoms with van der Waals surface area (Å²) in [4.78, 5) is 15.8. The maximum Gasteiger partial charge on any atom is 0.434 e. The lowest BCUT2D eigenvalue weighted by Crippen LogP contribution is -2.29. The number of aryl methyl sites for hydroxylation is 2. The zero-order valence-corrected chi connectivity index (χ0v) is 12.9. The van der Waals surface area contributed by atoms with E-state index >= 15 is 0 Å². The third-order valence-corrected chi connectivity index (χ3v) is 4.04. The minimum absolute atomic E-state index is 0.218. The zero-order valence-electron chi connectivity index (χ0n) is 12.1. The van der Waals surface area contributed by atoms with E-state index in [1.54, 1.807) is 20.8 Å². The van der Waals surface area contributed by atoms with Crippen LogP contribution in [0.3, 0.4) is 0 Å². The fourth-order valence-electron chi connectivity index (χ4n) is 1.95. The first-order chi connectivity index (χ1) is 10.2. The number of hydrogen-bond acceptors (Lipinski definition) is 5. The minimum Gasteiger partial charge on any atom is -0.361 e. The summed E-state index contributed by atoms with van der Waals surface area (Å²) >= 11 is 0.872. The van der Waals surface area contributed by atoms with Crippen molar-refractivity contribution in [2.75, 3.05) is 0 Å². The summed E-state index contributed by atoms with van der Waals surface area (Å²) in [7, 11) is 0. The van der Waals surface area contributed by atoms with Gasteiger partial charge in [-0.25, -0.2) is 4.98 Å². The third-order valence-electron chi connectivity index (χ3n) is 3.08. The van der Waals surface area contributed by atoms with Gasteiger partial charge >= 0.3 is 6.18 Å². The quantitative estimate of drug-likeness (QED) is 0.927. The van der Waals surface area contributed by atoms with Crippen molar-refractivity contribution in [2.45, 2.75) is 39.4 Å². The number of thiazole rings is 1. The molecule has 2 rings (SSSR count). The summed E-state index contributed by atoms with van der Waals surface area (Å²) in [6.45, 7) is 4.98. The van der Waals surface area contributed by atoms with Crippen LogP contribution in [0.15, 0.2) is 9.90 Å². The molecular formula is C13H14F3N3O2S. The highest BCUT2D eigenvalue weighted by atomic mass is 32.1. The van der Waals surface area contributed by atoms with Crippen molar-refractivity contribution in [3.05, 3.63) is 33.1 Å². The number of aromatic nitrogens is 2. The lowest BCUT2D eigenvalue weighted by Gasteiger charge is -2.14. The smallest absolute Gasteiger partial charge is 0.361 e. The van der Waals surface area contributed by atoms with Gasteiger partial charge in [-0.1, -0.05) is 12.1 Å². The first-order valence-corrected chi connectivity index (χ1v) is 7.38. The number of carbonyl (C=O) groups is 1. The van der Waals surface area contributed by atoms with E-state index in [1.165, 1.54) is 0 Å². The molecule has 0 saturated carbocycles. The van der Waals surface area contributed by atoms with Crippen LogP contribution in [0.2, 0.25) is 0 Å². The maximum atomic E-state index is 12.6. The second kappa shape index (κ2) is 6.07. The van der Waals surface area contributed by atoms with E-state index in [1.807, 2.05) is 0 Å². The van der Waals surface area contributed by atoms with E-state index in [2.05, 4.69) is 15.5 Å². The monoisotopic (exact) mass is 333 g/mol. The molecule has 0 bridgehead atoms. The molecule has 0 aromatic carbocycles. The van der Waals surface area contributed by atoms with Gasteiger partial charge in [0.1, 0.15) is 16.3 Å². The fourth-order valence-corrected chi connectivity index (χ4v) is 2.91. The molecule has 1 atom stereocenters. The summed E-state index contributed by atoms with van der Waals surface area (Å²) in [5, 5.41) is 7.52. The number of rotatable bonds is 4. The third kappa shape index (κ3) is 3.29. The van der Waals surface area contributed by atoms with Gasteiger partial charge in [0.2, 0.25) is 0 Å². The Morgan fingerprint density at radius 1 is 1.45 bits per heavy atom. The Morgan fingerprint density at radius 3 is 2.59 bits per heavy atom. The Kier molecular flexibility index (Phi) is 4.55. The average molecular weight is 333 g/mol. The molecule has 0 fully saturated rings. The summed E-state index contributed by atoms with van der Waals surface area (Å²) in [6, 6.07) is -0.595. The topological polar surface area (TPSA) is 68.0 Å². The van der Waals surface area contributed by atoms with Crippen molar-refractivity contribution in [2.24, 2.45) is 0 Å². The van der Waals surface area contributed by atoms with Gasteiger partial charge in [-0.3, -0.25) is 4.79 Å². The normalized spacial score (nSPS) is 13.2. The Hall–Kier alpha value is -1.90. The molecule has 0 saturated heterocycles. The predicted octanol–water partition coefficient (Wildman–Crippen LogP) is 3.65. The standard InChI is InChI=1S/C13H14F3N3O2S/c1-4-8(12-18-9(5-22-12)13(14,15)16)17-11(20)10-6(2)19-21-7(10)3/h5,8H,4H2,1-3H3,(H,17,20)/t8-/m1/s1. The van der Waals surface area contributed by atoms with Crippen LogP contribution in [-0.2, 0) is 6.18 Å². The van der Waals surface area contributed by atoms with Crippen LogP contribution in [-0.4, -0.2) is 16.0 Å². The molecule has 2 aromatic heterocycles. The van der Waals surface area contributed by atoms with Crippen molar-refractivity contribution >= 4 is 17.2 Å². The molecule has 0 aliphatic carbocycles. The van der Waals surface area contributed by atoms with Crippen molar-refractivity contribution in [1.82, 2.24) is 15.5 Å². The number of hydrogen-bond donors (Lipinski definition) is 1. The maximum absolute atomic E-state index is 12.6. The van der Waals surface area contributed by atoms with E-state index < -0.39 is 23.8 Å².